The molecule has 3 aromatic carbocycles. The molecule has 15 heteroatoms. The number of carbonyl (C=O) groups excluding carboxylic acids is 3. The Labute approximate surface area is 402 Å². The number of hydrogen-bond donors (Lipinski definition) is 3. The minimum atomic E-state index is -1.58. The van der Waals surface area contributed by atoms with Gasteiger partial charge in [0, 0.05) is 49.9 Å². The van der Waals surface area contributed by atoms with Crippen LogP contribution in [0.3, 0.4) is 0 Å². The van der Waals surface area contributed by atoms with Crippen LogP contribution in [0.2, 0.25) is 0 Å². The number of likely N-dealkylation sites (tertiary alicyclic amines) is 1. The monoisotopic (exact) mass is 957 g/mol. The van der Waals surface area contributed by atoms with Gasteiger partial charge in [0.2, 0.25) is 17.7 Å². The van der Waals surface area contributed by atoms with Gasteiger partial charge in [0.05, 0.1) is 40.9 Å². The molecule has 2 aliphatic heterocycles. The van der Waals surface area contributed by atoms with Crippen molar-refractivity contribution < 1.29 is 42.1 Å². The number of nitrogens with zero attached hydrogens (tertiary/aromatic N) is 3. The molecule has 0 saturated carbocycles. The number of unbranched alkanes of at least 4 members (excludes halogenated alkanes) is 2. The van der Waals surface area contributed by atoms with Crippen LogP contribution in [0.4, 0.5) is 13.2 Å². The van der Waals surface area contributed by atoms with Gasteiger partial charge in [-0.15, -0.1) is 11.3 Å². The lowest BCUT2D eigenvalue weighted by molar-refractivity contribution is -0.144. The Morgan fingerprint density at radius 2 is 1.66 bits per heavy atom. The third kappa shape index (κ3) is 11.8. The van der Waals surface area contributed by atoms with Crippen LogP contribution < -0.4 is 15.4 Å². The molecule has 3 amide bonds. The first-order valence-electron chi connectivity index (χ1n) is 23.7. The molecule has 3 heterocycles. The van der Waals surface area contributed by atoms with Crippen LogP contribution in [0, 0.1) is 24.0 Å². The average Bonchev–Trinajstić information content (AvgIpc) is 3.99. The Kier molecular flexibility index (Phi) is 15.9. The molecule has 6 atom stereocenters. The number of carbonyl (C=O) groups is 3. The number of benzene rings is 3. The fourth-order valence-electron chi connectivity index (χ4n) is 9.81. The number of alkyl halides is 1. The number of rotatable bonds is 18. The molecular weight excluding hydrogens is 892 g/mol. The Morgan fingerprint density at radius 3 is 2.32 bits per heavy atom. The number of aryl methyl sites for hydroxylation is 1. The maximum atomic E-state index is 16.1. The molecule has 11 nitrogen and oxygen atoms in total. The Bertz CT molecular complexity index is 2460. The molecule has 3 aliphatic rings. The van der Waals surface area contributed by atoms with Gasteiger partial charge in [0.1, 0.15) is 41.7 Å². The summed E-state index contributed by atoms with van der Waals surface area (Å²) in [6, 6.07) is 15.1. The summed E-state index contributed by atoms with van der Waals surface area (Å²) in [5.41, 5.74) is 6.47. The van der Waals surface area contributed by atoms with Crippen molar-refractivity contribution in [1.29, 1.82) is 0 Å². The lowest BCUT2D eigenvalue weighted by Crippen LogP contribution is -2.58. The van der Waals surface area contributed by atoms with Crippen molar-refractivity contribution in [3.8, 4) is 16.2 Å². The number of nitrogens with one attached hydrogen (secondary N) is 2. The number of aliphatic hydroxyl groups is 1. The molecule has 0 bridgehead atoms. The van der Waals surface area contributed by atoms with Crippen molar-refractivity contribution in [2.75, 3.05) is 32.9 Å². The van der Waals surface area contributed by atoms with E-state index in [0.29, 0.717) is 32.1 Å². The number of hydrogen-bond acceptors (Lipinski definition) is 9. The average molecular weight is 958 g/mol. The molecule has 1 saturated heterocycles. The zero-order valence-electron chi connectivity index (χ0n) is 40.5. The van der Waals surface area contributed by atoms with Gasteiger partial charge in [0.15, 0.2) is 0 Å². The van der Waals surface area contributed by atoms with Gasteiger partial charge in [0.25, 0.3) is 0 Å². The number of halogens is 3. The van der Waals surface area contributed by atoms with Crippen molar-refractivity contribution in [1.82, 2.24) is 25.4 Å². The standard InChI is InChI=1S/C53H66F3N5O6S/c1-31-22-40-39-15-11-10-14-36(39)23-41(40)47(61(31)29-53(7,8)56)46-42(54)25-38(26-43(46)55)67-21-13-9-12-20-66-28-45(63)59-49(52(4,5)6)51(65)60-27-37(62)24-44(60)50(64)58-32(2)34-16-18-35(19-17-34)48-33(3)57-30-68-48/h10-11,14-19,25-26,30-32,37,44,47,49,62H,9,12-13,20-24,27-29H2,1-8H3,(H,58,64)(H,59,63)/t31-,32+,37-,44+,47+,49-/m1/s1. The molecule has 0 spiro atoms. The second kappa shape index (κ2) is 21.3. The molecule has 3 N–H and O–H groups in total. The molecule has 4 aromatic rings. The van der Waals surface area contributed by atoms with Crippen LogP contribution in [0.15, 0.2) is 71.7 Å². The number of β-amino-alcohol motifs (C(OH)–C–C–N with tert-alkyl or cyclic N) is 1. The second-order valence-electron chi connectivity index (χ2n) is 20.3. The highest BCUT2D eigenvalue weighted by molar-refractivity contribution is 7.13. The molecule has 0 radical (unpaired) electrons. The summed E-state index contributed by atoms with van der Waals surface area (Å²) in [5, 5.41) is 16.5. The molecule has 0 unspecified atom stereocenters. The molecule has 68 heavy (non-hydrogen) atoms. The maximum Gasteiger partial charge on any atom is 0.246 e. The van der Waals surface area contributed by atoms with Crippen LogP contribution in [-0.2, 0) is 25.5 Å². The van der Waals surface area contributed by atoms with Gasteiger partial charge < -0.3 is 30.1 Å². The van der Waals surface area contributed by atoms with E-state index in [2.05, 4.69) is 15.6 Å². The van der Waals surface area contributed by atoms with Gasteiger partial charge >= 0.3 is 0 Å². The minimum Gasteiger partial charge on any atom is -0.493 e. The molecule has 366 valence electrons. The summed E-state index contributed by atoms with van der Waals surface area (Å²) in [4.78, 5) is 49.5. The van der Waals surface area contributed by atoms with E-state index in [4.69, 9.17) is 9.47 Å². The van der Waals surface area contributed by atoms with Gasteiger partial charge in [-0.3, -0.25) is 19.3 Å². The predicted octanol–water partition coefficient (Wildman–Crippen LogP) is 9.23. The highest BCUT2D eigenvalue weighted by atomic mass is 32.1. The first-order chi connectivity index (χ1) is 32.2. The van der Waals surface area contributed by atoms with Gasteiger partial charge in [-0.25, -0.2) is 18.2 Å². The molecule has 1 aliphatic carbocycles. The molecule has 1 fully saturated rings. The fraction of sp³-hybridized carbons (Fsp3) is 0.509. The third-order valence-electron chi connectivity index (χ3n) is 13.2. The van der Waals surface area contributed by atoms with E-state index in [-0.39, 0.29) is 62.7 Å². The number of fused-ring (bicyclic) bond motifs is 2. The Morgan fingerprint density at radius 1 is 0.971 bits per heavy atom. The van der Waals surface area contributed by atoms with Crippen LogP contribution in [0.25, 0.3) is 16.0 Å². The molecular formula is C53H66F3N5O6S. The van der Waals surface area contributed by atoms with Crippen LogP contribution >= 0.6 is 11.3 Å². The zero-order chi connectivity index (χ0) is 49.1. The second-order valence-corrected chi connectivity index (χ2v) is 21.2. The maximum absolute atomic E-state index is 16.1. The van der Waals surface area contributed by atoms with E-state index in [1.54, 1.807) is 16.8 Å². The van der Waals surface area contributed by atoms with Gasteiger partial charge in [-0.2, -0.15) is 0 Å². The van der Waals surface area contributed by atoms with Crippen molar-refractivity contribution in [3.63, 3.8) is 0 Å². The molecule has 1 aromatic heterocycles. The van der Waals surface area contributed by atoms with E-state index in [1.165, 1.54) is 30.9 Å². The predicted molar refractivity (Wildman–Crippen MR) is 259 cm³/mol. The normalized spacial score (nSPS) is 20.5. The third-order valence-corrected chi connectivity index (χ3v) is 14.2. The number of amides is 3. The van der Waals surface area contributed by atoms with Gasteiger partial charge in [-0.1, -0.05) is 69.3 Å². The fourth-order valence-corrected chi connectivity index (χ4v) is 10.6. The summed E-state index contributed by atoms with van der Waals surface area (Å²) in [7, 11) is 0. The largest absolute Gasteiger partial charge is 0.493 e. The highest BCUT2D eigenvalue weighted by Gasteiger charge is 2.46. The van der Waals surface area contributed by atoms with Gasteiger partial charge in [-0.05, 0) is 106 Å². The van der Waals surface area contributed by atoms with Crippen molar-refractivity contribution in [2.45, 2.75) is 136 Å². The Balaban J connectivity index is 0.868. The number of aliphatic hydroxyl groups excluding tert-OH is 1. The summed E-state index contributed by atoms with van der Waals surface area (Å²) < 4.78 is 58.9. The smallest absolute Gasteiger partial charge is 0.246 e. The minimum absolute atomic E-state index is 0.0213. The van der Waals surface area contributed by atoms with E-state index in [1.807, 2.05) is 95.0 Å². The van der Waals surface area contributed by atoms with Crippen molar-refractivity contribution in [3.05, 3.63) is 111 Å². The lowest BCUT2D eigenvalue weighted by Gasteiger charge is -2.44. The first-order valence-corrected chi connectivity index (χ1v) is 24.6. The summed E-state index contributed by atoms with van der Waals surface area (Å²) in [6.45, 7) is 14.4. The number of ether oxygens (including phenoxy) is 2. The van der Waals surface area contributed by atoms with Crippen LogP contribution in [-0.4, -0.2) is 100 Å². The summed E-state index contributed by atoms with van der Waals surface area (Å²) in [5.74, 6) is -2.76. The van der Waals surface area contributed by atoms with E-state index in [0.717, 1.165) is 44.0 Å². The highest BCUT2D eigenvalue weighted by Crippen LogP contribution is 2.50. The van der Waals surface area contributed by atoms with Crippen LogP contribution in [0.1, 0.15) is 121 Å². The van der Waals surface area contributed by atoms with Crippen molar-refractivity contribution >= 4 is 34.6 Å². The first kappa shape index (κ1) is 50.8. The van der Waals surface area contributed by atoms with Crippen LogP contribution in [0.5, 0.6) is 5.75 Å². The van der Waals surface area contributed by atoms with E-state index >= 15 is 13.2 Å². The quantitative estimate of drug-likeness (QED) is 0.0842. The summed E-state index contributed by atoms with van der Waals surface area (Å²) >= 11 is 1.56. The van der Waals surface area contributed by atoms with Crippen molar-refractivity contribution in [2.24, 2.45) is 5.41 Å². The Hall–Kier alpha value is -5.09. The SMILES string of the molecule is Cc1ncsc1-c1ccc([C@H](C)NC(=O)[C@@H]2C[C@@H](O)CN2C(=O)[C@@H](NC(=O)COCCCCCOc2cc(F)c([C@@H]3C4=C(C[C@@H](C)N3CC(C)(C)F)c3ccccc3C4)c(F)c2)C(C)(C)C)cc1. The van der Waals surface area contributed by atoms with E-state index in [9.17, 15) is 19.5 Å². The number of thiazole rings is 1. The lowest BCUT2D eigenvalue weighted by atomic mass is 9.84. The molecule has 7 rings (SSSR count). The number of aromatic nitrogens is 1. The van der Waals surface area contributed by atoms with E-state index < -0.39 is 64.7 Å². The summed E-state index contributed by atoms with van der Waals surface area (Å²) in [6.07, 6.45) is 2.18. The zero-order valence-corrected chi connectivity index (χ0v) is 41.3. The topological polar surface area (TPSA) is 133 Å².